The van der Waals surface area contributed by atoms with Gasteiger partial charge in [-0.25, -0.2) is 9.50 Å². The number of aromatic nitrogens is 4. The van der Waals surface area contributed by atoms with E-state index in [-0.39, 0.29) is 17.2 Å². The predicted octanol–water partition coefficient (Wildman–Crippen LogP) is 1.81. The van der Waals surface area contributed by atoms with E-state index in [1.54, 1.807) is 16.9 Å². The lowest BCUT2D eigenvalue weighted by molar-refractivity contribution is -0.126. The standard InChI is InChI=1S/C22H24N8O2/c1-21(2)14-4-3-13(11-15(14)26-18(21)31)25-20-27-17-16(23-8-10-30(17)28-20)29-9-6-22(12-29)5-7-24-19(22)32/h3-4,8,10-11H,5-7,9,12H2,1-2H3,(H,24,32)(H,25,28)(H,26,31). The minimum atomic E-state index is -0.543. The van der Waals surface area contributed by atoms with Gasteiger partial charge in [-0.05, 0) is 44.4 Å². The first kappa shape index (κ1) is 19.0. The third-order valence-electron chi connectivity index (χ3n) is 7.02. The van der Waals surface area contributed by atoms with Gasteiger partial charge in [-0.1, -0.05) is 6.07 Å². The molecule has 2 fully saturated rings. The number of hydrogen-bond donors (Lipinski definition) is 3. The highest BCUT2D eigenvalue weighted by Gasteiger charge is 2.48. The highest BCUT2D eigenvalue weighted by atomic mass is 16.2. The van der Waals surface area contributed by atoms with Crippen LogP contribution in [0.25, 0.3) is 5.65 Å². The second-order valence-corrected chi connectivity index (χ2v) is 9.38. The fourth-order valence-corrected chi connectivity index (χ4v) is 5.04. The summed E-state index contributed by atoms with van der Waals surface area (Å²) < 4.78 is 1.70. The Morgan fingerprint density at radius 2 is 2.03 bits per heavy atom. The predicted molar refractivity (Wildman–Crippen MR) is 119 cm³/mol. The van der Waals surface area contributed by atoms with Gasteiger partial charge in [0.05, 0.1) is 10.8 Å². The van der Waals surface area contributed by atoms with Crippen molar-refractivity contribution in [2.45, 2.75) is 32.1 Å². The van der Waals surface area contributed by atoms with Gasteiger partial charge in [-0.15, -0.1) is 5.10 Å². The molecule has 3 aliphatic heterocycles. The molecule has 0 aliphatic carbocycles. The van der Waals surface area contributed by atoms with Crippen molar-refractivity contribution in [3.8, 4) is 0 Å². The van der Waals surface area contributed by atoms with Crippen molar-refractivity contribution in [2.75, 3.05) is 35.2 Å². The number of rotatable bonds is 3. The summed E-state index contributed by atoms with van der Waals surface area (Å²) in [6.45, 7) is 5.97. The molecule has 3 aliphatic rings. The summed E-state index contributed by atoms with van der Waals surface area (Å²) in [6, 6.07) is 5.78. The first-order chi connectivity index (χ1) is 15.4. The lowest BCUT2D eigenvalue weighted by atomic mass is 9.86. The van der Waals surface area contributed by atoms with Crippen molar-refractivity contribution in [3.63, 3.8) is 0 Å². The van der Waals surface area contributed by atoms with Gasteiger partial charge < -0.3 is 20.9 Å². The zero-order chi connectivity index (χ0) is 22.1. The normalized spacial score (nSPS) is 23.6. The Morgan fingerprint density at radius 1 is 1.16 bits per heavy atom. The Labute approximate surface area is 184 Å². The molecule has 3 N–H and O–H groups in total. The van der Waals surface area contributed by atoms with Crippen LogP contribution in [0.1, 0.15) is 32.3 Å². The van der Waals surface area contributed by atoms with E-state index in [9.17, 15) is 9.59 Å². The first-order valence-electron chi connectivity index (χ1n) is 10.8. The van der Waals surface area contributed by atoms with E-state index in [4.69, 9.17) is 0 Å². The molecular formula is C22H24N8O2. The number of carbonyl (C=O) groups excluding carboxylic acids is 2. The van der Waals surface area contributed by atoms with Crippen molar-refractivity contribution < 1.29 is 9.59 Å². The summed E-state index contributed by atoms with van der Waals surface area (Å²) in [5.41, 5.74) is 2.34. The molecule has 5 heterocycles. The van der Waals surface area contributed by atoms with E-state index in [1.165, 1.54) is 0 Å². The fourth-order valence-electron chi connectivity index (χ4n) is 5.04. The van der Waals surface area contributed by atoms with E-state index in [0.717, 1.165) is 48.7 Å². The van der Waals surface area contributed by atoms with E-state index < -0.39 is 5.41 Å². The molecule has 164 valence electrons. The second-order valence-electron chi connectivity index (χ2n) is 9.38. The number of benzene rings is 1. The van der Waals surface area contributed by atoms with Crippen LogP contribution < -0.4 is 20.9 Å². The average Bonchev–Trinajstić information content (AvgIpc) is 3.50. The fraction of sp³-hybridized carbons (Fsp3) is 0.409. The topological polar surface area (TPSA) is 117 Å². The Bertz CT molecular complexity index is 1280. The van der Waals surface area contributed by atoms with Crippen LogP contribution >= 0.6 is 0 Å². The lowest BCUT2D eigenvalue weighted by Gasteiger charge is -2.21. The number of nitrogens with one attached hydrogen (secondary N) is 3. The van der Waals surface area contributed by atoms with Crippen molar-refractivity contribution in [1.29, 1.82) is 0 Å². The van der Waals surface area contributed by atoms with Crippen LogP contribution in [0.3, 0.4) is 0 Å². The number of amides is 2. The van der Waals surface area contributed by atoms with Crippen LogP contribution in [-0.4, -0.2) is 51.0 Å². The molecule has 1 spiro atoms. The SMILES string of the molecule is CC1(C)C(=O)Nc2cc(Nc3nc4c(N5CCC6(CCNC6=O)C5)nccn4n3)ccc21. The quantitative estimate of drug-likeness (QED) is 0.578. The van der Waals surface area contributed by atoms with Gasteiger partial charge in [0, 0.05) is 43.4 Å². The molecule has 6 rings (SSSR count). The Balaban J connectivity index is 1.29. The second kappa shape index (κ2) is 6.41. The minimum Gasteiger partial charge on any atom is -0.356 e. The summed E-state index contributed by atoms with van der Waals surface area (Å²) in [5.74, 6) is 1.30. The molecule has 1 atom stereocenters. The van der Waals surface area contributed by atoms with Crippen LogP contribution in [-0.2, 0) is 15.0 Å². The third-order valence-corrected chi connectivity index (χ3v) is 7.02. The molecule has 2 aromatic heterocycles. The van der Waals surface area contributed by atoms with Crippen molar-refractivity contribution >= 4 is 40.6 Å². The molecule has 3 aromatic rings. The summed E-state index contributed by atoms with van der Waals surface area (Å²) in [5, 5.41) is 13.7. The van der Waals surface area contributed by atoms with Crippen LogP contribution in [0.5, 0.6) is 0 Å². The van der Waals surface area contributed by atoms with Crippen LogP contribution in [0, 0.1) is 5.41 Å². The van der Waals surface area contributed by atoms with E-state index in [1.807, 2.05) is 32.0 Å². The van der Waals surface area contributed by atoms with Gasteiger partial charge in [0.1, 0.15) is 0 Å². The largest absolute Gasteiger partial charge is 0.356 e. The van der Waals surface area contributed by atoms with E-state index in [0.29, 0.717) is 18.1 Å². The zero-order valence-electron chi connectivity index (χ0n) is 18.0. The molecule has 32 heavy (non-hydrogen) atoms. The monoisotopic (exact) mass is 432 g/mol. The highest BCUT2D eigenvalue weighted by molar-refractivity contribution is 6.06. The summed E-state index contributed by atoms with van der Waals surface area (Å²) in [4.78, 5) is 35.9. The number of hydrogen-bond acceptors (Lipinski definition) is 7. The molecule has 1 unspecified atom stereocenters. The lowest BCUT2D eigenvalue weighted by Crippen LogP contribution is -2.34. The molecule has 0 saturated carbocycles. The summed E-state index contributed by atoms with van der Waals surface area (Å²) in [7, 11) is 0. The molecule has 0 radical (unpaired) electrons. The Hall–Kier alpha value is -3.69. The molecule has 10 nitrogen and oxygen atoms in total. The Kier molecular flexibility index (Phi) is 3.81. The zero-order valence-corrected chi connectivity index (χ0v) is 18.0. The third kappa shape index (κ3) is 2.68. The number of carbonyl (C=O) groups is 2. The van der Waals surface area contributed by atoms with Gasteiger partial charge in [-0.3, -0.25) is 9.59 Å². The molecule has 1 aromatic carbocycles. The van der Waals surface area contributed by atoms with Crippen LogP contribution in [0.4, 0.5) is 23.1 Å². The van der Waals surface area contributed by atoms with Gasteiger partial charge in [0.15, 0.2) is 11.5 Å². The molecule has 2 saturated heterocycles. The van der Waals surface area contributed by atoms with E-state index >= 15 is 0 Å². The maximum absolute atomic E-state index is 12.4. The molecular weight excluding hydrogens is 408 g/mol. The minimum absolute atomic E-state index is 0.00875. The maximum Gasteiger partial charge on any atom is 0.247 e. The summed E-state index contributed by atoms with van der Waals surface area (Å²) >= 11 is 0. The maximum atomic E-state index is 12.4. The first-order valence-corrected chi connectivity index (χ1v) is 10.8. The molecule has 2 amide bonds. The van der Waals surface area contributed by atoms with E-state index in [2.05, 4.69) is 35.9 Å². The van der Waals surface area contributed by atoms with Gasteiger partial charge in [0.25, 0.3) is 0 Å². The van der Waals surface area contributed by atoms with Crippen LogP contribution in [0.15, 0.2) is 30.6 Å². The summed E-state index contributed by atoms with van der Waals surface area (Å²) in [6.07, 6.45) is 5.14. The number of fused-ring (bicyclic) bond motifs is 2. The van der Waals surface area contributed by atoms with Crippen LogP contribution in [0.2, 0.25) is 0 Å². The van der Waals surface area contributed by atoms with Crippen molar-refractivity contribution in [3.05, 3.63) is 36.2 Å². The Morgan fingerprint density at radius 3 is 2.84 bits per heavy atom. The number of anilines is 4. The average molecular weight is 432 g/mol. The highest BCUT2D eigenvalue weighted by Crippen LogP contribution is 2.40. The molecule has 0 bridgehead atoms. The molecule has 10 heteroatoms. The smallest absolute Gasteiger partial charge is 0.247 e. The van der Waals surface area contributed by atoms with Crippen molar-refractivity contribution in [1.82, 2.24) is 24.9 Å². The van der Waals surface area contributed by atoms with Gasteiger partial charge >= 0.3 is 0 Å². The van der Waals surface area contributed by atoms with Crippen molar-refractivity contribution in [2.24, 2.45) is 5.41 Å². The number of nitrogens with zero attached hydrogens (tertiary/aromatic N) is 5. The van der Waals surface area contributed by atoms with Gasteiger partial charge in [0.2, 0.25) is 17.8 Å². The van der Waals surface area contributed by atoms with Gasteiger partial charge in [-0.2, -0.15) is 4.98 Å².